The van der Waals surface area contributed by atoms with Crippen LogP contribution >= 0.6 is 15.9 Å². The SMILES string of the molecule is Nc1ccccc1NC(=O)COc1ccc(Br)cc1. The molecule has 0 heterocycles. The van der Waals surface area contributed by atoms with E-state index in [0.717, 1.165) is 4.47 Å². The molecular weight excluding hydrogens is 308 g/mol. The minimum absolute atomic E-state index is 0.0596. The zero-order valence-corrected chi connectivity index (χ0v) is 11.7. The summed E-state index contributed by atoms with van der Waals surface area (Å²) < 4.78 is 6.32. The van der Waals surface area contributed by atoms with E-state index in [9.17, 15) is 4.79 Å². The van der Waals surface area contributed by atoms with Crippen molar-refractivity contribution in [3.05, 3.63) is 53.0 Å². The molecular formula is C14H13BrN2O2. The minimum atomic E-state index is -0.249. The van der Waals surface area contributed by atoms with Gasteiger partial charge in [0.1, 0.15) is 5.75 Å². The Balaban J connectivity index is 1.88. The highest BCUT2D eigenvalue weighted by atomic mass is 79.9. The summed E-state index contributed by atoms with van der Waals surface area (Å²) in [5, 5.41) is 2.69. The summed E-state index contributed by atoms with van der Waals surface area (Å²) in [6.45, 7) is -0.0596. The number of rotatable bonds is 4. The molecule has 0 fully saturated rings. The summed E-state index contributed by atoms with van der Waals surface area (Å²) in [4.78, 5) is 11.7. The van der Waals surface area contributed by atoms with Gasteiger partial charge in [0.05, 0.1) is 11.4 Å². The topological polar surface area (TPSA) is 64.3 Å². The first kappa shape index (κ1) is 13.4. The summed E-state index contributed by atoms with van der Waals surface area (Å²) in [5.74, 6) is 0.389. The first-order valence-electron chi connectivity index (χ1n) is 5.68. The first-order chi connectivity index (χ1) is 9.15. The molecule has 2 rings (SSSR count). The fraction of sp³-hybridized carbons (Fsp3) is 0.0714. The summed E-state index contributed by atoms with van der Waals surface area (Å²) in [6, 6.07) is 14.4. The number of nitrogens with two attached hydrogens (primary N) is 1. The van der Waals surface area contributed by atoms with Crippen LogP contribution in [0.3, 0.4) is 0 Å². The highest BCUT2D eigenvalue weighted by molar-refractivity contribution is 9.10. The normalized spacial score (nSPS) is 9.95. The van der Waals surface area contributed by atoms with Crippen molar-refractivity contribution in [1.82, 2.24) is 0 Å². The highest BCUT2D eigenvalue weighted by Gasteiger charge is 2.05. The third kappa shape index (κ3) is 3.99. The molecule has 0 saturated carbocycles. The lowest BCUT2D eigenvalue weighted by Gasteiger charge is -2.09. The van der Waals surface area contributed by atoms with Crippen molar-refractivity contribution in [1.29, 1.82) is 0 Å². The number of halogens is 1. The van der Waals surface area contributed by atoms with Crippen LogP contribution in [0.15, 0.2) is 53.0 Å². The smallest absolute Gasteiger partial charge is 0.262 e. The zero-order valence-electron chi connectivity index (χ0n) is 10.1. The van der Waals surface area contributed by atoms with Gasteiger partial charge in [-0.05, 0) is 36.4 Å². The molecule has 19 heavy (non-hydrogen) atoms. The van der Waals surface area contributed by atoms with Crippen molar-refractivity contribution in [2.45, 2.75) is 0 Å². The van der Waals surface area contributed by atoms with E-state index in [1.165, 1.54) is 0 Å². The fourth-order valence-corrected chi connectivity index (χ4v) is 1.74. The van der Waals surface area contributed by atoms with Gasteiger partial charge in [-0.2, -0.15) is 0 Å². The molecule has 0 unspecified atom stereocenters. The van der Waals surface area contributed by atoms with E-state index in [1.807, 2.05) is 24.3 Å². The Morgan fingerprint density at radius 3 is 2.53 bits per heavy atom. The fourth-order valence-electron chi connectivity index (χ4n) is 1.48. The maximum absolute atomic E-state index is 11.7. The number of hydrogen-bond acceptors (Lipinski definition) is 3. The van der Waals surface area contributed by atoms with Crippen molar-refractivity contribution >= 4 is 33.2 Å². The van der Waals surface area contributed by atoms with Crippen molar-refractivity contribution < 1.29 is 9.53 Å². The lowest BCUT2D eigenvalue weighted by Crippen LogP contribution is -2.20. The third-order valence-corrected chi connectivity index (χ3v) is 2.95. The molecule has 0 aromatic heterocycles. The van der Waals surface area contributed by atoms with Crippen LogP contribution in [0, 0.1) is 0 Å². The summed E-state index contributed by atoms with van der Waals surface area (Å²) >= 11 is 3.33. The van der Waals surface area contributed by atoms with Crippen LogP contribution in [0.25, 0.3) is 0 Å². The Bertz CT molecular complexity index is 570. The number of amides is 1. The molecule has 1 amide bonds. The predicted molar refractivity (Wildman–Crippen MR) is 79.1 cm³/mol. The van der Waals surface area contributed by atoms with Crippen LogP contribution in [0.4, 0.5) is 11.4 Å². The Kier molecular flexibility index (Phi) is 4.41. The lowest BCUT2D eigenvalue weighted by molar-refractivity contribution is -0.118. The number of nitrogens with one attached hydrogen (secondary N) is 1. The number of benzene rings is 2. The maximum atomic E-state index is 11.7. The van der Waals surface area contributed by atoms with Crippen LogP contribution in [0.1, 0.15) is 0 Å². The monoisotopic (exact) mass is 320 g/mol. The van der Waals surface area contributed by atoms with E-state index >= 15 is 0 Å². The molecule has 0 radical (unpaired) electrons. The molecule has 3 N–H and O–H groups in total. The number of hydrogen-bond donors (Lipinski definition) is 2. The van der Waals surface area contributed by atoms with Gasteiger partial charge in [0.2, 0.25) is 0 Å². The van der Waals surface area contributed by atoms with E-state index in [0.29, 0.717) is 17.1 Å². The van der Waals surface area contributed by atoms with E-state index in [2.05, 4.69) is 21.2 Å². The molecule has 2 aromatic rings. The Morgan fingerprint density at radius 1 is 1.16 bits per heavy atom. The molecule has 0 aliphatic heterocycles. The predicted octanol–water partition coefficient (Wildman–Crippen LogP) is 3.05. The Labute approximate surface area is 119 Å². The number of nitrogen functional groups attached to an aromatic ring is 1. The summed E-state index contributed by atoms with van der Waals surface area (Å²) in [6.07, 6.45) is 0. The summed E-state index contributed by atoms with van der Waals surface area (Å²) in [5.41, 5.74) is 6.85. The highest BCUT2D eigenvalue weighted by Crippen LogP contribution is 2.18. The second-order valence-corrected chi connectivity index (χ2v) is 4.79. The van der Waals surface area contributed by atoms with Crippen molar-refractivity contribution in [2.75, 3.05) is 17.7 Å². The van der Waals surface area contributed by atoms with Crippen molar-refractivity contribution in [2.24, 2.45) is 0 Å². The van der Waals surface area contributed by atoms with E-state index in [4.69, 9.17) is 10.5 Å². The minimum Gasteiger partial charge on any atom is -0.484 e. The van der Waals surface area contributed by atoms with Crippen LogP contribution in [-0.2, 0) is 4.79 Å². The first-order valence-corrected chi connectivity index (χ1v) is 6.47. The molecule has 0 atom stereocenters. The van der Waals surface area contributed by atoms with E-state index in [1.54, 1.807) is 24.3 Å². The number of carbonyl (C=O) groups excluding carboxylic acids is 1. The number of para-hydroxylation sites is 2. The van der Waals surface area contributed by atoms with Gasteiger partial charge in [0.25, 0.3) is 5.91 Å². The van der Waals surface area contributed by atoms with Gasteiger partial charge in [-0.25, -0.2) is 0 Å². The average molecular weight is 321 g/mol. The second kappa shape index (κ2) is 6.24. The molecule has 4 nitrogen and oxygen atoms in total. The number of carbonyl (C=O) groups is 1. The third-order valence-electron chi connectivity index (χ3n) is 2.42. The Morgan fingerprint density at radius 2 is 1.84 bits per heavy atom. The van der Waals surface area contributed by atoms with Gasteiger partial charge in [-0.15, -0.1) is 0 Å². The largest absolute Gasteiger partial charge is 0.484 e. The molecule has 2 aromatic carbocycles. The quantitative estimate of drug-likeness (QED) is 0.851. The van der Waals surface area contributed by atoms with Crippen LogP contribution in [0.5, 0.6) is 5.75 Å². The van der Waals surface area contributed by atoms with Crippen LogP contribution in [0.2, 0.25) is 0 Å². The number of anilines is 2. The summed E-state index contributed by atoms with van der Waals surface area (Å²) in [7, 11) is 0. The number of ether oxygens (including phenoxy) is 1. The second-order valence-electron chi connectivity index (χ2n) is 3.88. The molecule has 0 spiro atoms. The molecule has 0 saturated heterocycles. The molecule has 5 heteroatoms. The van der Waals surface area contributed by atoms with Gasteiger partial charge in [0.15, 0.2) is 6.61 Å². The van der Waals surface area contributed by atoms with Gasteiger partial charge >= 0.3 is 0 Å². The molecule has 0 bridgehead atoms. The van der Waals surface area contributed by atoms with Crippen LogP contribution in [-0.4, -0.2) is 12.5 Å². The zero-order chi connectivity index (χ0) is 13.7. The van der Waals surface area contributed by atoms with Gasteiger partial charge < -0.3 is 15.8 Å². The van der Waals surface area contributed by atoms with Gasteiger partial charge in [-0.3, -0.25) is 4.79 Å². The maximum Gasteiger partial charge on any atom is 0.262 e. The average Bonchev–Trinajstić information content (AvgIpc) is 2.41. The van der Waals surface area contributed by atoms with E-state index < -0.39 is 0 Å². The molecule has 98 valence electrons. The van der Waals surface area contributed by atoms with Crippen LogP contribution < -0.4 is 15.8 Å². The standard InChI is InChI=1S/C14H13BrN2O2/c15-10-5-7-11(8-6-10)19-9-14(18)17-13-4-2-1-3-12(13)16/h1-8H,9,16H2,(H,17,18). The van der Waals surface area contributed by atoms with Crippen molar-refractivity contribution in [3.8, 4) is 5.75 Å². The lowest BCUT2D eigenvalue weighted by atomic mass is 10.3. The molecule has 0 aliphatic carbocycles. The van der Waals surface area contributed by atoms with Gasteiger partial charge in [0, 0.05) is 4.47 Å². The van der Waals surface area contributed by atoms with Gasteiger partial charge in [-0.1, -0.05) is 28.1 Å². The Hall–Kier alpha value is -2.01. The van der Waals surface area contributed by atoms with E-state index in [-0.39, 0.29) is 12.5 Å². The van der Waals surface area contributed by atoms with Crippen molar-refractivity contribution in [3.63, 3.8) is 0 Å². The molecule has 0 aliphatic rings.